The maximum atomic E-state index is 12.5. The van der Waals surface area contributed by atoms with E-state index in [1.165, 1.54) is 7.11 Å². The number of carbonyl (C=O) groups excluding carboxylic acids is 3. The molecule has 28 heavy (non-hydrogen) atoms. The Morgan fingerprint density at radius 2 is 1.96 bits per heavy atom. The number of benzene rings is 2. The van der Waals surface area contributed by atoms with Gasteiger partial charge in [0.05, 0.1) is 17.6 Å². The first-order valence-electron chi connectivity index (χ1n) is 8.42. The Labute approximate surface area is 171 Å². The van der Waals surface area contributed by atoms with Gasteiger partial charge in [-0.25, -0.2) is 0 Å². The van der Waals surface area contributed by atoms with Crippen LogP contribution in [0.2, 0.25) is 5.02 Å². The lowest BCUT2D eigenvalue weighted by Gasteiger charge is -2.14. The van der Waals surface area contributed by atoms with Gasteiger partial charge in [-0.15, -0.1) is 0 Å². The highest BCUT2D eigenvalue weighted by atomic mass is 35.5. The number of thioether (sulfide) groups is 1. The van der Waals surface area contributed by atoms with E-state index in [2.05, 4.69) is 5.32 Å². The molecular weight excluding hydrogens is 400 g/mol. The number of nitrogens with zero attached hydrogens (tertiary/aromatic N) is 1. The lowest BCUT2D eigenvalue weighted by molar-refractivity contribution is -0.122. The van der Waals surface area contributed by atoms with E-state index in [1.807, 2.05) is 30.3 Å². The molecule has 0 saturated carbocycles. The third kappa shape index (κ3) is 4.55. The predicted octanol–water partition coefficient (Wildman–Crippen LogP) is 3.81. The van der Waals surface area contributed by atoms with Gasteiger partial charge in [-0.2, -0.15) is 0 Å². The minimum atomic E-state index is -0.375. The fraction of sp³-hybridized carbons (Fsp3) is 0.150. The number of hydrogen-bond donors (Lipinski definition) is 1. The van der Waals surface area contributed by atoms with Gasteiger partial charge in [0.2, 0.25) is 0 Å². The van der Waals surface area contributed by atoms with Crippen LogP contribution in [-0.4, -0.2) is 42.2 Å². The number of nitrogens with one attached hydrogen (secondary N) is 1. The Balaban J connectivity index is 1.60. The maximum Gasteiger partial charge on any atom is 0.293 e. The van der Waals surface area contributed by atoms with E-state index >= 15 is 0 Å². The first kappa shape index (κ1) is 20.0. The van der Waals surface area contributed by atoms with Gasteiger partial charge in [0.1, 0.15) is 5.75 Å². The van der Waals surface area contributed by atoms with Crippen LogP contribution >= 0.6 is 23.4 Å². The monoisotopic (exact) mass is 416 g/mol. The van der Waals surface area contributed by atoms with Crippen molar-refractivity contribution in [2.75, 3.05) is 20.2 Å². The minimum absolute atomic E-state index is 0.0818. The SMILES string of the molecule is COc1cc(Cl)ccc1C(=O)NCCN1C(=O)S/C(=C/c2ccccc2)C1=O. The van der Waals surface area contributed by atoms with Gasteiger partial charge in [-0.05, 0) is 41.6 Å². The average molecular weight is 417 g/mol. The van der Waals surface area contributed by atoms with Crippen LogP contribution in [0.3, 0.4) is 0 Å². The highest BCUT2D eigenvalue weighted by Crippen LogP contribution is 2.31. The van der Waals surface area contributed by atoms with E-state index in [0.29, 0.717) is 21.2 Å². The summed E-state index contributed by atoms with van der Waals surface area (Å²) in [7, 11) is 1.45. The average Bonchev–Trinajstić information content (AvgIpc) is 2.95. The van der Waals surface area contributed by atoms with Crippen LogP contribution in [-0.2, 0) is 4.79 Å². The van der Waals surface area contributed by atoms with Gasteiger partial charge in [0, 0.05) is 18.1 Å². The Hall–Kier alpha value is -2.77. The second-order valence-electron chi connectivity index (χ2n) is 5.84. The van der Waals surface area contributed by atoms with E-state index in [-0.39, 0.29) is 30.1 Å². The summed E-state index contributed by atoms with van der Waals surface area (Å²) < 4.78 is 5.16. The minimum Gasteiger partial charge on any atom is -0.496 e. The number of rotatable bonds is 6. The summed E-state index contributed by atoms with van der Waals surface area (Å²) in [4.78, 5) is 38.4. The van der Waals surface area contributed by atoms with Crippen LogP contribution in [0.1, 0.15) is 15.9 Å². The molecule has 0 unspecified atom stereocenters. The number of hydrogen-bond acceptors (Lipinski definition) is 5. The highest BCUT2D eigenvalue weighted by Gasteiger charge is 2.34. The van der Waals surface area contributed by atoms with E-state index in [0.717, 1.165) is 22.2 Å². The summed E-state index contributed by atoms with van der Waals surface area (Å²) in [6.45, 7) is 0.208. The number of methoxy groups -OCH3 is 1. The van der Waals surface area contributed by atoms with Crippen molar-refractivity contribution < 1.29 is 19.1 Å². The van der Waals surface area contributed by atoms with Crippen molar-refractivity contribution in [1.29, 1.82) is 0 Å². The van der Waals surface area contributed by atoms with Gasteiger partial charge in [-0.1, -0.05) is 41.9 Å². The smallest absolute Gasteiger partial charge is 0.293 e. The molecule has 1 heterocycles. The molecule has 0 atom stereocenters. The Kier molecular flexibility index (Phi) is 6.38. The Morgan fingerprint density at radius 1 is 1.21 bits per heavy atom. The van der Waals surface area contributed by atoms with E-state index in [4.69, 9.17) is 16.3 Å². The molecule has 0 aromatic heterocycles. The lowest BCUT2D eigenvalue weighted by atomic mass is 10.2. The van der Waals surface area contributed by atoms with Crippen LogP contribution in [0.5, 0.6) is 5.75 Å². The molecule has 8 heteroatoms. The van der Waals surface area contributed by atoms with Crippen LogP contribution in [0.15, 0.2) is 53.4 Å². The molecule has 3 amide bonds. The number of amides is 3. The first-order valence-corrected chi connectivity index (χ1v) is 9.61. The normalized spacial score (nSPS) is 15.2. The summed E-state index contributed by atoms with van der Waals surface area (Å²) >= 11 is 6.78. The van der Waals surface area contributed by atoms with Gasteiger partial charge < -0.3 is 10.1 Å². The van der Waals surface area contributed by atoms with Crippen molar-refractivity contribution in [2.45, 2.75) is 0 Å². The third-order valence-corrected chi connectivity index (χ3v) is 5.14. The molecule has 1 fully saturated rings. The van der Waals surface area contributed by atoms with E-state index in [1.54, 1.807) is 24.3 Å². The van der Waals surface area contributed by atoms with Crippen LogP contribution in [0.4, 0.5) is 4.79 Å². The van der Waals surface area contributed by atoms with Gasteiger partial charge in [0.15, 0.2) is 0 Å². The molecule has 0 radical (unpaired) electrons. The predicted molar refractivity (Wildman–Crippen MR) is 109 cm³/mol. The van der Waals surface area contributed by atoms with Gasteiger partial charge >= 0.3 is 0 Å². The lowest BCUT2D eigenvalue weighted by Crippen LogP contribution is -2.37. The molecule has 2 aromatic rings. The standard InChI is InChI=1S/C20H17ClN2O4S/c1-27-16-12-14(21)7-8-15(16)18(24)22-9-10-23-19(25)17(28-20(23)26)11-13-5-3-2-4-6-13/h2-8,11-12H,9-10H2,1H3,(H,22,24)/b17-11+. The van der Waals surface area contributed by atoms with Crippen molar-refractivity contribution in [2.24, 2.45) is 0 Å². The zero-order chi connectivity index (χ0) is 20.1. The second-order valence-corrected chi connectivity index (χ2v) is 7.27. The first-order chi connectivity index (χ1) is 13.5. The number of carbonyl (C=O) groups is 3. The number of halogens is 1. The topological polar surface area (TPSA) is 75.7 Å². The maximum absolute atomic E-state index is 12.5. The fourth-order valence-electron chi connectivity index (χ4n) is 2.62. The second kappa shape index (κ2) is 8.95. The summed E-state index contributed by atoms with van der Waals surface area (Å²) in [5, 5.41) is 2.79. The molecule has 0 bridgehead atoms. The quantitative estimate of drug-likeness (QED) is 0.724. The molecule has 2 aromatic carbocycles. The van der Waals surface area contributed by atoms with E-state index in [9.17, 15) is 14.4 Å². The molecular formula is C20H17ClN2O4S. The number of ether oxygens (including phenoxy) is 1. The largest absolute Gasteiger partial charge is 0.496 e. The van der Waals surface area contributed by atoms with E-state index < -0.39 is 0 Å². The van der Waals surface area contributed by atoms with Crippen LogP contribution in [0.25, 0.3) is 6.08 Å². The fourth-order valence-corrected chi connectivity index (χ4v) is 3.65. The molecule has 1 aliphatic heterocycles. The summed E-state index contributed by atoms with van der Waals surface area (Å²) in [6.07, 6.45) is 1.68. The molecule has 3 rings (SSSR count). The molecule has 1 N–H and O–H groups in total. The van der Waals surface area contributed by atoms with Crippen molar-refractivity contribution in [3.63, 3.8) is 0 Å². The molecule has 1 saturated heterocycles. The molecule has 1 aliphatic rings. The molecule has 144 valence electrons. The Bertz CT molecular complexity index is 946. The van der Waals surface area contributed by atoms with Crippen molar-refractivity contribution in [3.8, 4) is 5.75 Å². The van der Waals surface area contributed by atoms with Crippen molar-refractivity contribution in [3.05, 3.63) is 69.6 Å². The molecule has 0 spiro atoms. The third-order valence-electron chi connectivity index (χ3n) is 4.00. The molecule has 0 aliphatic carbocycles. The summed E-state index contributed by atoms with van der Waals surface area (Å²) in [5.41, 5.74) is 1.17. The Morgan fingerprint density at radius 3 is 2.68 bits per heavy atom. The zero-order valence-corrected chi connectivity index (χ0v) is 16.5. The summed E-state index contributed by atoms with van der Waals surface area (Å²) in [6, 6.07) is 14.0. The van der Waals surface area contributed by atoms with Gasteiger partial charge in [-0.3, -0.25) is 19.3 Å². The van der Waals surface area contributed by atoms with Crippen molar-refractivity contribution >= 4 is 46.5 Å². The van der Waals surface area contributed by atoms with Crippen LogP contribution in [0, 0.1) is 0 Å². The molecule has 6 nitrogen and oxygen atoms in total. The highest BCUT2D eigenvalue weighted by molar-refractivity contribution is 8.18. The summed E-state index contributed by atoms with van der Waals surface area (Å²) in [5.74, 6) is -0.389. The van der Waals surface area contributed by atoms with Crippen LogP contribution < -0.4 is 10.1 Å². The number of imide groups is 1. The van der Waals surface area contributed by atoms with Crippen molar-refractivity contribution in [1.82, 2.24) is 10.2 Å². The zero-order valence-electron chi connectivity index (χ0n) is 15.0. The van der Waals surface area contributed by atoms with Gasteiger partial charge in [0.25, 0.3) is 17.1 Å².